The molecule has 1 aromatic rings. The highest BCUT2D eigenvalue weighted by atomic mass is 16.5. The normalized spacial score (nSPS) is 42.9. The van der Waals surface area contributed by atoms with Crippen molar-refractivity contribution in [3.63, 3.8) is 0 Å². The van der Waals surface area contributed by atoms with Gasteiger partial charge in [0, 0.05) is 29.9 Å². The van der Waals surface area contributed by atoms with Gasteiger partial charge in [-0.2, -0.15) is 0 Å². The molecule has 1 aromatic heterocycles. The van der Waals surface area contributed by atoms with Crippen LogP contribution in [0.3, 0.4) is 0 Å². The first-order valence-corrected chi connectivity index (χ1v) is 9.41. The fourth-order valence-electron chi connectivity index (χ4n) is 6.59. The predicted molar refractivity (Wildman–Crippen MR) is 88.5 cm³/mol. The maximum Gasteiger partial charge on any atom is 0.213 e. The van der Waals surface area contributed by atoms with Gasteiger partial charge in [0.2, 0.25) is 5.88 Å². The van der Waals surface area contributed by atoms with E-state index in [-0.39, 0.29) is 11.8 Å². The van der Waals surface area contributed by atoms with Crippen molar-refractivity contribution in [1.82, 2.24) is 4.98 Å². The van der Waals surface area contributed by atoms with E-state index >= 15 is 0 Å². The minimum Gasteiger partial charge on any atom is -0.481 e. The highest BCUT2D eigenvalue weighted by molar-refractivity contribution is 5.83. The topological polar surface area (TPSA) is 59.4 Å². The van der Waals surface area contributed by atoms with E-state index in [0.717, 1.165) is 36.9 Å². The van der Waals surface area contributed by atoms with Crippen molar-refractivity contribution in [2.45, 2.75) is 50.5 Å². The molecule has 1 N–H and O–H groups in total. The number of pyridine rings is 1. The molecule has 0 amide bonds. The Morgan fingerprint density at radius 2 is 2.08 bits per heavy atom. The highest BCUT2D eigenvalue weighted by Gasteiger charge is 2.62. The summed E-state index contributed by atoms with van der Waals surface area (Å²) in [5.74, 6) is 2.81. The quantitative estimate of drug-likeness (QED) is 0.862. The van der Waals surface area contributed by atoms with Crippen LogP contribution in [0.5, 0.6) is 5.88 Å². The van der Waals surface area contributed by atoms with Gasteiger partial charge in [-0.1, -0.05) is 12.8 Å². The van der Waals surface area contributed by atoms with E-state index in [0.29, 0.717) is 35.8 Å². The Balaban J connectivity index is 1.59. The van der Waals surface area contributed by atoms with Crippen LogP contribution >= 0.6 is 0 Å². The maximum absolute atomic E-state index is 12.8. The molecule has 24 heavy (non-hydrogen) atoms. The van der Waals surface area contributed by atoms with Gasteiger partial charge in [-0.3, -0.25) is 4.79 Å². The lowest BCUT2D eigenvalue weighted by Crippen LogP contribution is -2.46. The SMILES string of the molecule is COc1ccc2c(n1)C[C@H]1C[C@]2(O)[C@@H]2CC(=O)[C@@H]3CCCC[C@H]3[C@H]12. The summed E-state index contributed by atoms with van der Waals surface area (Å²) in [4.78, 5) is 17.4. The minimum absolute atomic E-state index is 0.0887. The van der Waals surface area contributed by atoms with Crippen LogP contribution in [0.25, 0.3) is 0 Å². The Hall–Kier alpha value is -1.42. The summed E-state index contributed by atoms with van der Waals surface area (Å²) < 4.78 is 5.28. The molecule has 3 saturated carbocycles. The van der Waals surface area contributed by atoms with Crippen LogP contribution in [0.4, 0.5) is 0 Å². The summed E-state index contributed by atoms with van der Waals surface area (Å²) in [5.41, 5.74) is 1.08. The zero-order valence-corrected chi connectivity index (χ0v) is 14.2. The molecule has 0 aromatic carbocycles. The Labute approximate surface area is 142 Å². The number of carbonyl (C=O) groups is 1. The Morgan fingerprint density at radius 1 is 1.25 bits per heavy atom. The van der Waals surface area contributed by atoms with Gasteiger partial charge in [0.25, 0.3) is 0 Å². The van der Waals surface area contributed by atoms with Crippen molar-refractivity contribution < 1.29 is 14.6 Å². The van der Waals surface area contributed by atoms with Gasteiger partial charge in [0.1, 0.15) is 5.78 Å². The average Bonchev–Trinajstić information content (AvgIpc) is 2.83. The van der Waals surface area contributed by atoms with E-state index in [4.69, 9.17) is 4.74 Å². The second kappa shape index (κ2) is 5.04. The second-order valence-corrected chi connectivity index (χ2v) is 8.35. The van der Waals surface area contributed by atoms with Crippen molar-refractivity contribution in [2.75, 3.05) is 7.11 Å². The molecule has 4 aliphatic rings. The lowest BCUT2D eigenvalue weighted by Gasteiger charge is -2.45. The van der Waals surface area contributed by atoms with Gasteiger partial charge >= 0.3 is 0 Å². The summed E-state index contributed by atoms with van der Waals surface area (Å²) in [7, 11) is 1.63. The molecule has 0 saturated heterocycles. The number of ether oxygens (including phenoxy) is 1. The van der Waals surface area contributed by atoms with Crippen LogP contribution in [0, 0.1) is 29.6 Å². The molecule has 4 nitrogen and oxygen atoms in total. The summed E-state index contributed by atoms with van der Waals surface area (Å²) in [5, 5.41) is 11.6. The van der Waals surface area contributed by atoms with Crippen LogP contribution < -0.4 is 4.74 Å². The average molecular weight is 327 g/mol. The third-order valence-electron chi connectivity index (χ3n) is 7.42. The molecule has 3 fully saturated rings. The molecule has 4 aliphatic carbocycles. The van der Waals surface area contributed by atoms with Crippen molar-refractivity contribution in [1.29, 1.82) is 0 Å². The standard InChI is InChI=1S/C20H25NO3/c1-24-18-7-6-14-16(21-18)8-11-10-20(14,23)15-9-17(22)12-4-2-3-5-13(12)19(11)15/h6-7,11-13,15,19,23H,2-5,8-10H2,1H3/t11-,12+,13+,15+,19-,20+/m0/s1. The molecule has 2 bridgehead atoms. The van der Waals surface area contributed by atoms with Crippen molar-refractivity contribution in [2.24, 2.45) is 29.6 Å². The van der Waals surface area contributed by atoms with Crippen LogP contribution in [0.15, 0.2) is 12.1 Å². The number of aliphatic hydroxyl groups is 1. The third kappa shape index (κ3) is 1.83. The summed E-state index contributed by atoms with van der Waals surface area (Å²) >= 11 is 0. The monoisotopic (exact) mass is 327 g/mol. The fraction of sp³-hybridized carbons (Fsp3) is 0.700. The number of hydrogen-bond donors (Lipinski definition) is 1. The van der Waals surface area contributed by atoms with Crippen LogP contribution in [0.2, 0.25) is 0 Å². The summed E-state index contributed by atoms with van der Waals surface area (Å²) in [6, 6.07) is 3.83. The van der Waals surface area contributed by atoms with E-state index in [1.807, 2.05) is 12.1 Å². The third-order valence-corrected chi connectivity index (χ3v) is 7.42. The van der Waals surface area contributed by atoms with Gasteiger partial charge in [-0.15, -0.1) is 0 Å². The number of carbonyl (C=O) groups excluding carboxylic acids is 1. The minimum atomic E-state index is -0.861. The number of Topliss-reactive ketones (excluding diaryl/α,β-unsaturated/α-hetero) is 1. The van der Waals surface area contributed by atoms with Gasteiger partial charge in [0.05, 0.1) is 18.4 Å². The Bertz CT molecular complexity index is 702. The van der Waals surface area contributed by atoms with Gasteiger partial charge in [0.15, 0.2) is 0 Å². The molecule has 1 heterocycles. The molecule has 6 atom stereocenters. The first kappa shape index (κ1) is 14.9. The van der Waals surface area contributed by atoms with Gasteiger partial charge < -0.3 is 9.84 Å². The number of hydrogen-bond acceptors (Lipinski definition) is 4. The molecule has 0 spiro atoms. The van der Waals surface area contributed by atoms with E-state index in [9.17, 15) is 9.90 Å². The van der Waals surface area contributed by atoms with Crippen LogP contribution in [0.1, 0.15) is 49.8 Å². The summed E-state index contributed by atoms with van der Waals surface area (Å²) in [6.07, 6.45) is 6.95. The van der Waals surface area contributed by atoms with E-state index in [1.165, 1.54) is 12.8 Å². The van der Waals surface area contributed by atoms with E-state index in [1.54, 1.807) is 7.11 Å². The molecule has 5 rings (SSSR count). The van der Waals surface area contributed by atoms with E-state index < -0.39 is 5.60 Å². The molecular weight excluding hydrogens is 302 g/mol. The molecule has 0 radical (unpaired) electrons. The fourth-order valence-corrected chi connectivity index (χ4v) is 6.59. The number of nitrogens with zero attached hydrogens (tertiary/aromatic N) is 1. The lowest BCUT2D eigenvalue weighted by atomic mass is 9.59. The van der Waals surface area contributed by atoms with Crippen molar-refractivity contribution in [3.05, 3.63) is 23.4 Å². The van der Waals surface area contributed by atoms with Crippen molar-refractivity contribution in [3.8, 4) is 5.88 Å². The Morgan fingerprint density at radius 3 is 2.92 bits per heavy atom. The van der Waals surface area contributed by atoms with Gasteiger partial charge in [-0.25, -0.2) is 4.98 Å². The summed E-state index contributed by atoms with van der Waals surface area (Å²) in [6.45, 7) is 0. The first-order valence-electron chi connectivity index (χ1n) is 9.41. The zero-order chi connectivity index (χ0) is 16.5. The van der Waals surface area contributed by atoms with E-state index in [2.05, 4.69) is 4.98 Å². The number of methoxy groups -OCH3 is 1. The largest absolute Gasteiger partial charge is 0.481 e. The molecule has 0 unspecified atom stereocenters. The first-order chi connectivity index (χ1) is 11.6. The smallest absolute Gasteiger partial charge is 0.213 e. The molecular formula is C20H25NO3. The molecule has 0 aliphatic heterocycles. The van der Waals surface area contributed by atoms with Crippen molar-refractivity contribution >= 4 is 5.78 Å². The zero-order valence-electron chi connectivity index (χ0n) is 14.2. The number of aromatic nitrogens is 1. The van der Waals surface area contributed by atoms with Crippen LogP contribution in [-0.2, 0) is 16.8 Å². The number of fused-ring (bicyclic) bond motifs is 9. The maximum atomic E-state index is 12.8. The highest BCUT2D eigenvalue weighted by Crippen LogP contribution is 2.63. The Kier molecular flexibility index (Phi) is 3.13. The molecule has 4 heteroatoms. The number of rotatable bonds is 1. The second-order valence-electron chi connectivity index (χ2n) is 8.35. The van der Waals surface area contributed by atoms with Crippen LogP contribution in [-0.4, -0.2) is 23.0 Å². The number of ketones is 1. The lowest BCUT2D eigenvalue weighted by molar-refractivity contribution is -0.138. The predicted octanol–water partition coefficient (Wildman–Crippen LogP) is 2.87. The molecule has 128 valence electrons. The van der Waals surface area contributed by atoms with Gasteiger partial charge in [-0.05, 0) is 49.5 Å².